The third-order valence-corrected chi connectivity index (χ3v) is 24.5. The van der Waals surface area contributed by atoms with Crippen LogP contribution in [0.5, 0.6) is 0 Å². The van der Waals surface area contributed by atoms with E-state index in [1.807, 2.05) is 24.3 Å². The van der Waals surface area contributed by atoms with E-state index >= 15 is 0 Å². The van der Waals surface area contributed by atoms with Gasteiger partial charge in [0, 0.05) is 0 Å². The molecule has 0 nitrogen and oxygen atoms in total. The summed E-state index contributed by atoms with van der Waals surface area (Å²) in [6, 6.07) is 81.3. The van der Waals surface area contributed by atoms with Gasteiger partial charge in [0.1, 0.15) is 0 Å². The van der Waals surface area contributed by atoms with Crippen molar-refractivity contribution < 1.29 is 29.6 Å². The molecule has 10 aromatic rings. The fraction of sp³-hybridized carbons (Fsp3) is 0. The Morgan fingerprint density at radius 3 is 0.923 bits per heavy atom. The van der Waals surface area contributed by atoms with Gasteiger partial charge in [-0.15, -0.1) is 47.2 Å². The monoisotopic (exact) mass is 778 g/mol. The summed E-state index contributed by atoms with van der Waals surface area (Å²) in [5.74, 6) is 0. The Bertz CT molecular complexity index is 2430. The van der Waals surface area contributed by atoms with E-state index in [4.69, 9.17) is 0 Å². The molecular formula is C50H35NaSn. The number of hydrogen-bond donors (Lipinski definition) is 0. The maximum atomic E-state index is 3.15. The molecule has 2 heteroatoms. The number of rotatable bonds is 4. The van der Waals surface area contributed by atoms with Gasteiger partial charge in [0.25, 0.3) is 0 Å². The van der Waals surface area contributed by atoms with Crippen LogP contribution in [0.15, 0.2) is 212 Å². The molecule has 10 rings (SSSR count). The van der Waals surface area contributed by atoms with E-state index < -0.39 is 18.4 Å². The van der Waals surface area contributed by atoms with E-state index in [1.54, 1.807) is 0 Å². The van der Waals surface area contributed by atoms with Gasteiger partial charge in [-0.25, -0.2) is 0 Å². The van der Waals surface area contributed by atoms with E-state index in [0.717, 1.165) is 0 Å². The topological polar surface area (TPSA) is 0 Å². The van der Waals surface area contributed by atoms with Crippen LogP contribution < -0.4 is 43.9 Å². The van der Waals surface area contributed by atoms with Gasteiger partial charge in [0.2, 0.25) is 0 Å². The van der Waals surface area contributed by atoms with Crippen molar-refractivity contribution in [1.29, 1.82) is 0 Å². The van der Waals surface area contributed by atoms with Gasteiger partial charge >= 0.3 is 275 Å². The van der Waals surface area contributed by atoms with Crippen molar-refractivity contribution in [2.24, 2.45) is 0 Å². The molecule has 0 atom stereocenters. The average molecular weight is 778 g/mol. The van der Waals surface area contributed by atoms with E-state index in [-0.39, 0.29) is 29.6 Å². The predicted molar refractivity (Wildman–Crippen MR) is 223 cm³/mol. The fourth-order valence-electron chi connectivity index (χ4n) is 8.14. The molecule has 0 saturated carbocycles. The zero-order valence-electron chi connectivity index (χ0n) is 29.2. The maximum absolute atomic E-state index is 4.16. The Kier molecular flexibility index (Phi) is 9.99. The summed E-state index contributed by atoms with van der Waals surface area (Å²) in [6.45, 7) is 0. The average Bonchev–Trinajstić information content (AvgIpc) is 3.21. The third kappa shape index (κ3) is 6.04. The fourth-order valence-corrected chi connectivity index (χ4v) is 24.3. The molecule has 0 amide bonds. The molecule has 0 saturated heterocycles. The molecule has 0 spiro atoms. The van der Waals surface area contributed by atoms with Crippen LogP contribution in [-0.4, -0.2) is 18.4 Å². The molecule has 240 valence electrons. The van der Waals surface area contributed by atoms with Crippen molar-refractivity contribution in [2.75, 3.05) is 0 Å². The van der Waals surface area contributed by atoms with E-state index in [2.05, 4.69) is 194 Å². The van der Waals surface area contributed by atoms with Gasteiger partial charge in [0.05, 0.1) is 0 Å². The minimum absolute atomic E-state index is 0. The van der Waals surface area contributed by atoms with Crippen molar-refractivity contribution in [1.82, 2.24) is 0 Å². The molecule has 0 N–H and O–H groups in total. The molecule has 0 aliphatic carbocycles. The second-order valence-electron chi connectivity index (χ2n) is 13.1. The normalized spacial score (nSPS) is 11.3. The van der Waals surface area contributed by atoms with Crippen molar-refractivity contribution in [2.45, 2.75) is 0 Å². The minimum atomic E-state index is -4.16. The first-order valence-electron chi connectivity index (χ1n) is 17.6. The molecule has 0 heterocycles. The van der Waals surface area contributed by atoms with Gasteiger partial charge in [-0.2, -0.15) is 0 Å². The summed E-state index contributed by atoms with van der Waals surface area (Å²) < 4.78 is 6.01. The molecule has 0 bridgehead atoms. The molecule has 0 aromatic heterocycles. The van der Waals surface area contributed by atoms with Crippen LogP contribution in [0.25, 0.3) is 53.9 Å². The van der Waals surface area contributed by atoms with E-state index in [1.165, 1.54) is 68.2 Å². The van der Waals surface area contributed by atoms with Crippen molar-refractivity contribution >= 4 is 86.6 Å². The summed E-state index contributed by atoms with van der Waals surface area (Å²) in [7, 11) is 0. The Balaban J connectivity index is 0.000000303. The number of benzene rings is 10. The molecule has 0 aliphatic rings. The Labute approximate surface area is 331 Å². The Morgan fingerprint density at radius 2 is 0.558 bits per heavy atom. The van der Waals surface area contributed by atoms with Crippen LogP contribution in [0.4, 0.5) is 0 Å². The summed E-state index contributed by atoms with van der Waals surface area (Å²) in [5.41, 5.74) is 0. The van der Waals surface area contributed by atoms with Crippen LogP contribution in [0.1, 0.15) is 0 Å². The van der Waals surface area contributed by atoms with Gasteiger partial charge < -0.3 is 0 Å². The summed E-state index contributed by atoms with van der Waals surface area (Å²) in [6.07, 6.45) is 0. The molecular weight excluding hydrogens is 742 g/mol. The van der Waals surface area contributed by atoms with Crippen molar-refractivity contribution in [3.8, 4) is 0 Å². The second-order valence-corrected chi connectivity index (χ2v) is 23.5. The third-order valence-electron chi connectivity index (χ3n) is 10.3. The standard InChI is InChI=1S/5C10H7.Na.Sn/c5*1-2-6-10-8-4-3-7-9(10)5-1;;/h5*1-7H;;/q;;;;-1;+1;. The second kappa shape index (κ2) is 15.1. The first-order chi connectivity index (χ1) is 25.3. The summed E-state index contributed by atoms with van der Waals surface area (Å²) >= 11 is -4.16. The van der Waals surface area contributed by atoms with Crippen LogP contribution in [0.3, 0.4) is 0 Å². The first-order valence-corrected chi connectivity index (χ1v) is 23.3. The van der Waals surface area contributed by atoms with Gasteiger partial charge in [0.15, 0.2) is 0 Å². The Hall–Kier alpha value is -4.70. The SMILES string of the molecule is [Na+].[c-]1cccc2ccccc12.c1ccc2[c]([Sn]([c]3cccc4ccccc34)([c]3cccc4ccccc34)[c]3cccc4ccccc34)cccc2c1. The Morgan fingerprint density at radius 1 is 0.269 bits per heavy atom. The van der Waals surface area contributed by atoms with Gasteiger partial charge in [-0.1, -0.05) is 12.1 Å². The number of hydrogen-bond acceptors (Lipinski definition) is 0. The molecule has 52 heavy (non-hydrogen) atoms. The molecule has 0 unspecified atom stereocenters. The van der Waals surface area contributed by atoms with Crippen LogP contribution in [-0.2, 0) is 0 Å². The summed E-state index contributed by atoms with van der Waals surface area (Å²) in [4.78, 5) is 0. The molecule has 0 aliphatic heterocycles. The van der Waals surface area contributed by atoms with Crippen LogP contribution in [0.2, 0.25) is 0 Å². The summed E-state index contributed by atoms with van der Waals surface area (Å²) in [5, 5.41) is 13.1. The zero-order valence-corrected chi connectivity index (χ0v) is 34.1. The zero-order chi connectivity index (χ0) is 34.0. The van der Waals surface area contributed by atoms with E-state index in [0.29, 0.717) is 0 Å². The van der Waals surface area contributed by atoms with Crippen molar-refractivity contribution in [3.63, 3.8) is 0 Å². The van der Waals surface area contributed by atoms with Crippen molar-refractivity contribution in [3.05, 3.63) is 218 Å². The first kappa shape index (κ1) is 34.4. The predicted octanol–water partition coefficient (Wildman–Crippen LogP) is 7.32. The van der Waals surface area contributed by atoms with Gasteiger partial charge in [-0.05, 0) is 0 Å². The molecule has 0 fully saturated rings. The van der Waals surface area contributed by atoms with Crippen LogP contribution >= 0.6 is 0 Å². The van der Waals surface area contributed by atoms with Gasteiger partial charge in [-0.3, -0.25) is 0 Å². The quantitative estimate of drug-likeness (QED) is 0.130. The number of fused-ring (bicyclic) bond motifs is 5. The molecule has 10 aromatic carbocycles. The van der Waals surface area contributed by atoms with Crippen LogP contribution in [0, 0.1) is 6.07 Å². The molecule has 0 radical (unpaired) electrons. The van der Waals surface area contributed by atoms with E-state index in [9.17, 15) is 0 Å².